The highest BCUT2D eigenvalue weighted by atomic mass is 16.5. The molecule has 1 aromatic carbocycles. The number of aromatic carboxylic acids is 1. The molecule has 8 N–H and O–H groups in total. The fourth-order valence-electron chi connectivity index (χ4n) is 1.40. The minimum Gasteiger partial charge on any atom is -0.497 e. The summed E-state index contributed by atoms with van der Waals surface area (Å²) in [4.78, 5) is 20.6. The van der Waals surface area contributed by atoms with Crippen molar-refractivity contribution in [3.63, 3.8) is 0 Å². The fourth-order valence-corrected chi connectivity index (χ4v) is 1.40. The lowest BCUT2D eigenvalue weighted by Crippen LogP contribution is -2.34. The molecular formula is C14H22N4O5. The first kappa shape index (κ1) is 20.2. The zero-order chi connectivity index (χ0) is 17.8. The van der Waals surface area contributed by atoms with E-state index in [1.54, 1.807) is 12.1 Å². The van der Waals surface area contributed by atoms with Crippen molar-refractivity contribution in [1.82, 2.24) is 5.32 Å². The van der Waals surface area contributed by atoms with E-state index in [4.69, 9.17) is 31.8 Å². The third-order valence-electron chi connectivity index (χ3n) is 2.66. The predicted octanol–water partition coefficient (Wildman–Crippen LogP) is 0.0550. The second kappa shape index (κ2) is 10.9. The molecule has 0 saturated heterocycles. The number of guanidine groups is 1. The SMILES string of the molecule is COc1ccc(C(=O)O)cc1.N=C(N)NCCC[C@H](N)C(=O)O. The van der Waals surface area contributed by atoms with E-state index in [0.717, 1.165) is 0 Å². The van der Waals surface area contributed by atoms with Gasteiger partial charge in [-0.25, -0.2) is 4.79 Å². The molecule has 0 aliphatic carbocycles. The molecule has 0 aromatic heterocycles. The average Bonchev–Trinajstić information content (AvgIpc) is 2.51. The largest absolute Gasteiger partial charge is 0.497 e. The Bertz CT molecular complexity index is 518. The topological polar surface area (TPSA) is 172 Å². The van der Waals surface area contributed by atoms with Crippen LogP contribution in [0, 0.1) is 5.41 Å². The summed E-state index contributed by atoms with van der Waals surface area (Å²) in [5.41, 5.74) is 10.5. The van der Waals surface area contributed by atoms with Gasteiger partial charge in [0.15, 0.2) is 5.96 Å². The van der Waals surface area contributed by atoms with Crippen molar-refractivity contribution >= 4 is 17.9 Å². The Morgan fingerprint density at radius 1 is 1.30 bits per heavy atom. The Labute approximate surface area is 133 Å². The predicted molar refractivity (Wildman–Crippen MR) is 84.7 cm³/mol. The van der Waals surface area contributed by atoms with Crippen molar-refractivity contribution in [3.8, 4) is 5.75 Å². The molecule has 0 saturated carbocycles. The van der Waals surface area contributed by atoms with Crippen LogP contribution in [0.2, 0.25) is 0 Å². The van der Waals surface area contributed by atoms with Crippen molar-refractivity contribution in [3.05, 3.63) is 29.8 Å². The molecule has 1 atom stereocenters. The van der Waals surface area contributed by atoms with Gasteiger partial charge in [0.1, 0.15) is 11.8 Å². The van der Waals surface area contributed by atoms with E-state index in [2.05, 4.69) is 5.32 Å². The van der Waals surface area contributed by atoms with Gasteiger partial charge in [-0.05, 0) is 37.1 Å². The van der Waals surface area contributed by atoms with E-state index in [1.807, 2.05) is 0 Å². The lowest BCUT2D eigenvalue weighted by Gasteiger charge is -2.06. The van der Waals surface area contributed by atoms with Gasteiger partial charge in [-0.15, -0.1) is 0 Å². The van der Waals surface area contributed by atoms with Gasteiger partial charge in [-0.2, -0.15) is 0 Å². The van der Waals surface area contributed by atoms with Crippen LogP contribution in [0.25, 0.3) is 0 Å². The Morgan fingerprint density at radius 3 is 2.26 bits per heavy atom. The highest BCUT2D eigenvalue weighted by Crippen LogP contribution is 2.10. The van der Waals surface area contributed by atoms with Crippen LogP contribution in [-0.4, -0.2) is 47.8 Å². The number of hydrogen-bond acceptors (Lipinski definition) is 5. The quantitative estimate of drug-likeness (QED) is 0.232. The number of rotatable bonds is 7. The zero-order valence-electron chi connectivity index (χ0n) is 12.8. The zero-order valence-corrected chi connectivity index (χ0v) is 12.8. The molecule has 0 bridgehead atoms. The van der Waals surface area contributed by atoms with Crippen LogP contribution >= 0.6 is 0 Å². The van der Waals surface area contributed by atoms with Gasteiger partial charge < -0.3 is 31.7 Å². The first-order valence-electron chi connectivity index (χ1n) is 6.71. The molecular weight excluding hydrogens is 304 g/mol. The summed E-state index contributed by atoms with van der Waals surface area (Å²) < 4.78 is 4.86. The smallest absolute Gasteiger partial charge is 0.335 e. The molecule has 0 aliphatic heterocycles. The average molecular weight is 326 g/mol. The van der Waals surface area contributed by atoms with E-state index < -0.39 is 18.0 Å². The molecule has 9 heteroatoms. The van der Waals surface area contributed by atoms with Gasteiger partial charge >= 0.3 is 11.9 Å². The van der Waals surface area contributed by atoms with Crippen LogP contribution < -0.4 is 21.5 Å². The number of nitrogens with two attached hydrogens (primary N) is 2. The number of carbonyl (C=O) groups is 2. The molecule has 0 unspecified atom stereocenters. The number of hydrogen-bond donors (Lipinski definition) is 6. The number of ether oxygens (including phenoxy) is 1. The number of nitrogens with one attached hydrogen (secondary N) is 2. The number of methoxy groups -OCH3 is 1. The summed E-state index contributed by atoms with van der Waals surface area (Å²) in [5.74, 6) is -1.38. The van der Waals surface area contributed by atoms with E-state index in [0.29, 0.717) is 25.1 Å². The molecule has 0 aliphatic rings. The monoisotopic (exact) mass is 326 g/mol. The summed E-state index contributed by atoms with van der Waals surface area (Å²) in [5, 5.41) is 26.2. The summed E-state index contributed by atoms with van der Waals surface area (Å²) in [6, 6.07) is 5.41. The van der Waals surface area contributed by atoms with E-state index in [9.17, 15) is 9.59 Å². The van der Waals surface area contributed by atoms with Gasteiger partial charge in [-0.3, -0.25) is 10.2 Å². The Balaban J connectivity index is 0.000000422. The first-order valence-corrected chi connectivity index (χ1v) is 6.71. The van der Waals surface area contributed by atoms with Crippen molar-refractivity contribution in [1.29, 1.82) is 5.41 Å². The molecule has 23 heavy (non-hydrogen) atoms. The van der Waals surface area contributed by atoms with Crippen LogP contribution in [0.15, 0.2) is 24.3 Å². The highest BCUT2D eigenvalue weighted by Gasteiger charge is 2.09. The Morgan fingerprint density at radius 2 is 1.87 bits per heavy atom. The molecule has 1 rings (SSSR count). The van der Waals surface area contributed by atoms with Crippen LogP contribution in [0.1, 0.15) is 23.2 Å². The fraction of sp³-hybridized carbons (Fsp3) is 0.357. The normalized spacial score (nSPS) is 10.7. The number of aliphatic carboxylic acids is 1. The third kappa shape index (κ3) is 9.69. The van der Waals surface area contributed by atoms with Gasteiger partial charge in [0.05, 0.1) is 12.7 Å². The summed E-state index contributed by atoms with van der Waals surface area (Å²) in [6.07, 6.45) is 0.975. The van der Waals surface area contributed by atoms with E-state index >= 15 is 0 Å². The highest BCUT2D eigenvalue weighted by molar-refractivity contribution is 5.87. The summed E-state index contributed by atoms with van der Waals surface area (Å²) in [6.45, 7) is 0.482. The summed E-state index contributed by atoms with van der Waals surface area (Å²) >= 11 is 0. The van der Waals surface area contributed by atoms with Crippen molar-refractivity contribution in [2.75, 3.05) is 13.7 Å². The molecule has 0 heterocycles. The summed E-state index contributed by atoms with van der Waals surface area (Å²) in [7, 11) is 1.54. The maximum Gasteiger partial charge on any atom is 0.335 e. The number of carboxylic acid groups (broad SMARTS) is 2. The van der Waals surface area contributed by atoms with E-state index in [1.165, 1.54) is 19.2 Å². The van der Waals surface area contributed by atoms with Gasteiger partial charge in [0.2, 0.25) is 0 Å². The standard InChI is InChI=1S/C8H8O3.C6H14N4O2/c1-11-7-4-2-6(3-5-7)8(9)10;7-4(5(11)12)2-1-3-10-6(8)9/h2-5H,1H3,(H,9,10);4H,1-3,7H2,(H,11,12)(H4,8,9,10)/t;4-/m.0/s1. The van der Waals surface area contributed by atoms with Crippen LogP contribution in [-0.2, 0) is 4.79 Å². The molecule has 0 fully saturated rings. The number of benzene rings is 1. The van der Waals surface area contributed by atoms with E-state index in [-0.39, 0.29) is 11.5 Å². The minimum absolute atomic E-state index is 0.112. The second-order valence-electron chi connectivity index (χ2n) is 4.46. The third-order valence-corrected chi connectivity index (χ3v) is 2.66. The first-order chi connectivity index (χ1) is 10.8. The number of carboxylic acids is 2. The molecule has 128 valence electrons. The lowest BCUT2D eigenvalue weighted by molar-refractivity contribution is -0.138. The Hall–Kier alpha value is -2.81. The molecule has 0 spiro atoms. The second-order valence-corrected chi connectivity index (χ2v) is 4.46. The van der Waals surface area contributed by atoms with Crippen molar-refractivity contribution in [2.24, 2.45) is 11.5 Å². The van der Waals surface area contributed by atoms with Crippen LogP contribution in [0.5, 0.6) is 5.75 Å². The van der Waals surface area contributed by atoms with Crippen molar-refractivity contribution in [2.45, 2.75) is 18.9 Å². The maximum absolute atomic E-state index is 10.4. The van der Waals surface area contributed by atoms with Crippen LogP contribution in [0.3, 0.4) is 0 Å². The lowest BCUT2D eigenvalue weighted by atomic mass is 10.2. The molecule has 0 radical (unpaired) electrons. The molecule has 9 nitrogen and oxygen atoms in total. The van der Waals surface area contributed by atoms with Gasteiger partial charge in [0.25, 0.3) is 0 Å². The van der Waals surface area contributed by atoms with Gasteiger partial charge in [-0.1, -0.05) is 0 Å². The van der Waals surface area contributed by atoms with Crippen molar-refractivity contribution < 1.29 is 24.5 Å². The Kier molecular flexibility index (Phi) is 9.53. The maximum atomic E-state index is 10.4. The van der Waals surface area contributed by atoms with Gasteiger partial charge in [0, 0.05) is 6.54 Å². The molecule has 0 amide bonds. The molecule has 1 aromatic rings. The minimum atomic E-state index is -1.00. The van der Waals surface area contributed by atoms with Crippen LogP contribution in [0.4, 0.5) is 0 Å².